The van der Waals surface area contributed by atoms with Gasteiger partial charge >= 0.3 is 6.61 Å². The van der Waals surface area contributed by atoms with Crippen molar-refractivity contribution in [2.24, 2.45) is 0 Å². The third kappa shape index (κ3) is 4.63. The summed E-state index contributed by atoms with van der Waals surface area (Å²) in [6.07, 6.45) is 2.60. The minimum atomic E-state index is -3.73. The van der Waals surface area contributed by atoms with Crippen molar-refractivity contribution in [1.82, 2.24) is 4.31 Å². The molecule has 1 aromatic carbocycles. The van der Waals surface area contributed by atoms with Crippen LogP contribution in [0.15, 0.2) is 40.6 Å². The number of thiophene rings is 1. The summed E-state index contributed by atoms with van der Waals surface area (Å²) in [6, 6.07) is 6.83. The minimum Gasteiger partial charge on any atom is -0.435 e. The number of nitrogens with zero attached hydrogens (tertiary/aromatic N) is 1. The number of sulfonamides is 1. The Hall–Kier alpha value is -2.04. The molecule has 2 aromatic rings. The van der Waals surface area contributed by atoms with Crippen molar-refractivity contribution in [3.8, 4) is 5.75 Å². The van der Waals surface area contributed by atoms with E-state index in [2.05, 4.69) is 10.1 Å². The molecule has 146 valence electrons. The van der Waals surface area contributed by atoms with Crippen molar-refractivity contribution in [3.05, 3.63) is 40.6 Å². The van der Waals surface area contributed by atoms with Gasteiger partial charge < -0.3 is 10.1 Å². The summed E-state index contributed by atoms with van der Waals surface area (Å²) in [5.74, 6) is -0.601. The summed E-state index contributed by atoms with van der Waals surface area (Å²) in [5, 5.41) is 4.15. The van der Waals surface area contributed by atoms with Gasteiger partial charge in [0.2, 0.25) is 10.0 Å². The Kier molecular flexibility index (Phi) is 6.08. The van der Waals surface area contributed by atoms with Crippen LogP contribution in [0.1, 0.15) is 28.9 Å². The number of amides is 1. The Bertz CT molecular complexity index is 892. The normalized spacial score (nSPS) is 15.7. The first kappa shape index (κ1) is 19.7. The number of nitrogens with one attached hydrogen (secondary N) is 1. The summed E-state index contributed by atoms with van der Waals surface area (Å²) in [4.78, 5) is 12.6. The summed E-state index contributed by atoms with van der Waals surface area (Å²) in [5.41, 5.74) is 0.344. The first-order valence-corrected chi connectivity index (χ1v) is 10.6. The number of benzene rings is 1. The second-order valence-electron chi connectivity index (χ2n) is 5.94. The van der Waals surface area contributed by atoms with E-state index in [1.807, 2.05) is 0 Å². The molecule has 1 aromatic heterocycles. The van der Waals surface area contributed by atoms with Crippen LogP contribution in [-0.4, -0.2) is 38.3 Å². The van der Waals surface area contributed by atoms with Crippen molar-refractivity contribution < 1.29 is 26.7 Å². The van der Waals surface area contributed by atoms with Gasteiger partial charge in [-0.1, -0.05) is 6.42 Å². The Morgan fingerprint density at radius 2 is 1.78 bits per heavy atom. The fraction of sp³-hybridized carbons (Fsp3) is 0.353. The lowest BCUT2D eigenvalue weighted by molar-refractivity contribution is -0.0498. The SMILES string of the molecule is O=C(Nc1ccc(OC(F)F)cc1)c1sccc1S(=O)(=O)N1CCCCC1. The summed E-state index contributed by atoms with van der Waals surface area (Å²) in [7, 11) is -3.73. The molecule has 3 rings (SSSR count). The van der Waals surface area contributed by atoms with Crippen LogP contribution >= 0.6 is 11.3 Å². The maximum absolute atomic E-state index is 12.8. The predicted octanol–water partition coefficient (Wildman–Crippen LogP) is 3.78. The third-order valence-electron chi connectivity index (χ3n) is 4.11. The molecule has 1 fully saturated rings. The molecule has 27 heavy (non-hydrogen) atoms. The van der Waals surface area contributed by atoms with E-state index >= 15 is 0 Å². The molecule has 0 saturated carbocycles. The average Bonchev–Trinajstić information content (AvgIpc) is 3.14. The van der Waals surface area contributed by atoms with Crippen molar-refractivity contribution >= 4 is 33.0 Å². The van der Waals surface area contributed by atoms with Crippen LogP contribution in [0.3, 0.4) is 0 Å². The van der Waals surface area contributed by atoms with Gasteiger partial charge in [-0.25, -0.2) is 8.42 Å². The number of alkyl halides is 2. The Labute approximate surface area is 159 Å². The lowest BCUT2D eigenvalue weighted by atomic mass is 10.2. The van der Waals surface area contributed by atoms with Crippen molar-refractivity contribution in [1.29, 1.82) is 0 Å². The van der Waals surface area contributed by atoms with E-state index in [0.29, 0.717) is 18.8 Å². The summed E-state index contributed by atoms with van der Waals surface area (Å²) in [6.45, 7) is -2.03. The molecule has 0 radical (unpaired) electrons. The molecule has 0 bridgehead atoms. The van der Waals surface area contributed by atoms with Crippen LogP contribution in [-0.2, 0) is 10.0 Å². The fourth-order valence-corrected chi connectivity index (χ4v) is 5.63. The standard InChI is InChI=1S/C17H18F2N2O4S2/c18-17(19)25-13-6-4-12(5-7-13)20-16(22)15-14(8-11-26-15)27(23,24)21-9-2-1-3-10-21/h4-8,11,17H,1-3,9-10H2,(H,20,22). The molecule has 0 unspecified atom stereocenters. The first-order valence-electron chi connectivity index (χ1n) is 8.32. The fourth-order valence-electron chi connectivity index (χ4n) is 2.82. The summed E-state index contributed by atoms with van der Waals surface area (Å²) < 4.78 is 55.7. The van der Waals surface area contributed by atoms with Gasteiger partial charge in [0.05, 0.1) is 0 Å². The second-order valence-corrected chi connectivity index (χ2v) is 8.76. The molecule has 1 aliphatic heterocycles. The van der Waals surface area contributed by atoms with Crippen LogP contribution < -0.4 is 10.1 Å². The van der Waals surface area contributed by atoms with Gasteiger partial charge in [0.15, 0.2) is 0 Å². The number of hydrogen-bond donors (Lipinski definition) is 1. The first-order chi connectivity index (χ1) is 12.9. The van der Waals surface area contributed by atoms with Crippen molar-refractivity contribution in [2.75, 3.05) is 18.4 Å². The zero-order valence-corrected chi connectivity index (χ0v) is 15.9. The number of hydrogen-bond acceptors (Lipinski definition) is 5. The van der Waals surface area contributed by atoms with Gasteiger partial charge in [0.25, 0.3) is 5.91 Å². The van der Waals surface area contributed by atoms with Gasteiger partial charge in [0, 0.05) is 18.8 Å². The highest BCUT2D eigenvalue weighted by atomic mass is 32.2. The van der Waals surface area contributed by atoms with Gasteiger partial charge in [-0.05, 0) is 48.6 Å². The van der Waals surface area contributed by atoms with E-state index in [4.69, 9.17) is 0 Å². The quantitative estimate of drug-likeness (QED) is 0.778. The lowest BCUT2D eigenvalue weighted by Gasteiger charge is -2.25. The smallest absolute Gasteiger partial charge is 0.387 e. The Balaban J connectivity index is 1.75. The van der Waals surface area contributed by atoms with Crippen LogP contribution in [0.4, 0.5) is 14.5 Å². The van der Waals surface area contributed by atoms with Crippen LogP contribution in [0.25, 0.3) is 0 Å². The van der Waals surface area contributed by atoms with Crippen molar-refractivity contribution in [3.63, 3.8) is 0 Å². The number of ether oxygens (including phenoxy) is 1. The highest BCUT2D eigenvalue weighted by Crippen LogP contribution is 2.28. The van der Waals surface area contributed by atoms with E-state index in [-0.39, 0.29) is 15.5 Å². The molecule has 2 heterocycles. The van der Waals surface area contributed by atoms with Crippen LogP contribution in [0.2, 0.25) is 0 Å². The van der Waals surface area contributed by atoms with E-state index in [1.54, 1.807) is 5.38 Å². The summed E-state index contributed by atoms with van der Waals surface area (Å²) >= 11 is 1.04. The number of rotatable bonds is 6. The average molecular weight is 416 g/mol. The maximum Gasteiger partial charge on any atom is 0.387 e. The van der Waals surface area contributed by atoms with Crippen molar-refractivity contribution in [2.45, 2.75) is 30.8 Å². The molecular formula is C17H18F2N2O4S2. The maximum atomic E-state index is 12.8. The molecular weight excluding hydrogens is 398 g/mol. The predicted molar refractivity (Wildman–Crippen MR) is 98.0 cm³/mol. The number of halogens is 2. The van der Waals surface area contributed by atoms with E-state index < -0.39 is 22.5 Å². The molecule has 1 amide bonds. The third-order valence-corrected chi connectivity index (χ3v) is 7.09. The number of carbonyl (C=O) groups is 1. The van der Waals surface area contributed by atoms with Crippen LogP contribution in [0, 0.1) is 0 Å². The minimum absolute atomic E-state index is 0.00967. The highest BCUT2D eigenvalue weighted by Gasteiger charge is 2.31. The van der Waals surface area contributed by atoms with Gasteiger partial charge in [-0.15, -0.1) is 11.3 Å². The Morgan fingerprint density at radius 1 is 1.11 bits per heavy atom. The topological polar surface area (TPSA) is 75.7 Å². The molecule has 1 N–H and O–H groups in total. The Morgan fingerprint density at radius 3 is 2.41 bits per heavy atom. The molecule has 0 spiro atoms. The second kappa shape index (κ2) is 8.32. The largest absolute Gasteiger partial charge is 0.435 e. The number of piperidine rings is 1. The molecule has 6 nitrogen and oxygen atoms in total. The van der Waals surface area contributed by atoms with E-state index in [1.165, 1.54) is 34.6 Å². The monoisotopic (exact) mass is 416 g/mol. The van der Waals surface area contributed by atoms with Gasteiger partial charge in [-0.3, -0.25) is 4.79 Å². The molecule has 10 heteroatoms. The zero-order valence-electron chi connectivity index (χ0n) is 14.2. The molecule has 1 aliphatic rings. The molecule has 1 saturated heterocycles. The zero-order chi connectivity index (χ0) is 19.4. The molecule has 0 atom stereocenters. The number of carbonyl (C=O) groups excluding carboxylic acids is 1. The van der Waals surface area contributed by atoms with E-state index in [9.17, 15) is 22.0 Å². The number of anilines is 1. The van der Waals surface area contributed by atoms with Gasteiger partial charge in [0.1, 0.15) is 15.5 Å². The van der Waals surface area contributed by atoms with Crippen LogP contribution in [0.5, 0.6) is 5.75 Å². The highest BCUT2D eigenvalue weighted by molar-refractivity contribution is 7.89. The van der Waals surface area contributed by atoms with E-state index in [0.717, 1.165) is 30.6 Å². The lowest BCUT2D eigenvalue weighted by Crippen LogP contribution is -2.36. The molecule has 0 aliphatic carbocycles. The van der Waals surface area contributed by atoms with Gasteiger partial charge in [-0.2, -0.15) is 13.1 Å².